The molecule has 0 radical (unpaired) electrons. The molecule has 0 saturated heterocycles. The number of nitrogens with zero attached hydrogens (tertiary/aromatic N) is 1. The summed E-state index contributed by atoms with van der Waals surface area (Å²) in [7, 11) is 2.21. The minimum Gasteiger partial charge on any atom is -0.343 e. The van der Waals surface area contributed by atoms with Crippen LogP contribution in [0.25, 0.3) is 66.3 Å². The molecule has 0 atom stereocenters. The molecular formula is C39H31N. The van der Waals surface area contributed by atoms with Gasteiger partial charge in [-0.1, -0.05) is 115 Å². The van der Waals surface area contributed by atoms with Crippen molar-refractivity contribution in [1.82, 2.24) is 4.57 Å². The summed E-state index contributed by atoms with van der Waals surface area (Å²) in [5.41, 5.74) is 12.6. The Hall–Kier alpha value is -4.88. The maximum absolute atomic E-state index is 2.39. The topological polar surface area (TPSA) is 4.93 Å². The second-order valence-electron chi connectivity index (χ2n) is 10.8. The van der Waals surface area contributed by atoms with E-state index in [1.54, 1.807) is 0 Å². The van der Waals surface area contributed by atoms with Crippen molar-refractivity contribution in [3.8, 4) is 44.8 Å². The van der Waals surface area contributed by atoms with Crippen LogP contribution in [-0.4, -0.2) is 4.57 Å². The van der Waals surface area contributed by atoms with Gasteiger partial charge >= 0.3 is 0 Å². The van der Waals surface area contributed by atoms with Gasteiger partial charge in [-0.15, -0.1) is 0 Å². The Morgan fingerprint density at radius 2 is 0.975 bits per heavy atom. The Bertz CT molecular complexity index is 2000. The van der Waals surface area contributed by atoms with E-state index in [2.05, 4.69) is 159 Å². The zero-order valence-electron chi connectivity index (χ0n) is 23.1. The average molecular weight is 514 g/mol. The lowest BCUT2D eigenvalue weighted by Gasteiger charge is -2.13. The number of aryl methyl sites for hydroxylation is 2. The summed E-state index contributed by atoms with van der Waals surface area (Å²) < 4.78 is 2.38. The SMILES string of the molecule is Cc1ccc(-c2ccccc2)cc1-c1ccc2c(c1)c(C)cc1c(-c3ccccc3)n(C)c(-c3ccccc3)c12. The van der Waals surface area contributed by atoms with Crippen LogP contribution in [0.1, 0.15) is 11.1 Å². The molecule has 40 heavy (non-hydrogen) atoms. The molecular weight excluding hydrogens is 482 g/mol. The Morgan fingerprint density at radius 1 is 0.400 bits per heavy atom. The van der Waals surface area contributed by atoms with Crippen molar-refractivity contribution in [2.24, 2.45) is 7.05 Å². The third-order valence-corrected chi connectivity index (χ3v) is 8.26. The molecule has 6 aromatic carbocycles. The lowest BCUT2D eigenvalue weighted by Crippen LogP contribution is -1.94. The molecule has 0 unspecified atom stereocenters. The van der Waals surface area contributed by atoms with E-state index in [0.29, 0.717) is 0 Å². The molecule has 0 aliphatic rings. The van der Waals surface area contributed by atoms with E-state index in [1.807, 2.05) is 0 Å². The van der Waals surface area contributed by atoms with Gasteiger partial charge in [0.1, 0.15) is 0 Å². The molecule has 1 aromatic heterocycles. The molecule has 0 amide bonds. The largest absolute Gasteiger partial charge is 0.343 e. The van der Waals surface area contributed by atoms with Gasteiger partial charge in [-0.2, -0.15) is 0 Å². The summed E-state index contributed by atoms with van der Waals surface area (Å²) in [6.45, 7) is 4.46. The van der Waals surface area contributed by atoms with E-state index in [4.69, 9.17) is 0 Å². The second-order valence-corrected chi connectivity index (χ2v) is 10.8. The first-order valence-electron chi connectivity index (χ1n) is 13.9. The highest BCUT2D eigenvalue weighted by molar-refractivity contribution is 6.19. The Morgan fingerprint density at radius 3 is 1.62 bits per heavy atom. The normalized spacial score (nSPS) is 11.4. The molecule has 0 spiro atoms. The van der Waals surface area contributed by atoms with E-state index in [1.165, 1.54) is 77.4 Å². The average Bonchev–Trinajstić information content (AvgIpc) is 3.30. The molecule has 1 heterocycles. The molecule has 0 fully saturated rings. The summed E-state index contributed by atoms with van der Waals surface area (Å²) in [5.74, 6) is 0. The highest BCUT2D eigenvalue weighted by Crippen LogP contribution is 2.44. The van der Waals surface area contributed by atoms with E-state index in [-0.39, 0.29) is 0 Å². The van der Waals surface area contributed by atoms with Crippen molar-refractivity contribution in [3.05, 3.63) is 145 Å². The van der Waals surface area contributed by atoms with Crippen LogP contribution in [0.3, 0.4) is 0 Å². The lowest BCUT2D eigenvalue weighted by atomic mass is 9.90. The van der Waals surface area contributed by atoms with Crippen molar-refractivity contribution < 1.29 is 0 Å². The minimum absolute atomic E-state index is 1.23. The second kappa shape index (κ2) is 9.70. The molecule has 0 saturated carbocycles. The van der Waals surface area contributed by atoms with E-state index < -0.39 is 0 Å². The highest BCUT2D eigenvalue weighted by atomic mass is 15.0. The summed E-state index contributed by atoms with van der Waals surface area (Å²) in [6, 6.07) is 48.5. The first kappa shape index (κ1) is 24.2. The predicted octanol–water partition coefficient (Wildman–Crippen LogP) is 10.6. The van der Waals surface area contributed by atoms with Gasteiger partial charge in [0.2, 0.25) is 0 Å². The van der Waals surface area contributed by atoms with Crippen molar-refractivity contribution in [1.29, 1.82) is 0 Å². The smallest absolute Gasteiger partial charge is 0.0568 e. The molecule has 192 valence electrons. The first-order chi connectivity index (χ1) is 19.6. The van der Waals surface area contributed by atoms with Crippen LogP contribution < -0.4 is 0 Å². The Balaban J connectivity index is 1.50. The predicted molar refractivity (Wildman–Crippen MR) is 172 cm³/mol. The number of hydrogen-bond acceptors (Lipinski definition) is 0. The highest BCUT2D eigenvalue weighted by Gasteiger charge is 2.21. The maximum atomic E-state index is 2.39. The number of hydrogen-bond donors (Lipinski definition) is 0. The molecule has 7 rings (SSSR count). The number of rotatable bonds is 4. The van der Waals surface area contributed by atoms with Gasteiger partial charge in [-0.3, -0.25) is 0 Å². The molecule has 0 aliphatic carbocycles. The number of fused-ring (bicyclic) bond motifs is 3. The third kappa shape index (κ3) is 3.94. The maximum Gasteiger partial charge on any atom is 0.0568 e. The van der Waals surface area contributed by atoms with Crippen LogP contribution in [0.15, 0.2) is 133 Å². The number of aromatic nitrogens is 1. The van der Waals surface area contributed by atoms with Gasteiger partial charge in [-0.25, -0.2) is 0 Å². The van der Waals surface area contributed by atoms with Gasteiger partial charge in [0.05, 0.1) is 11.4 Å². The van der Waals surface area contributed by atoms with Crippen LogP contribution >= 0.6 is 0 Å². The zero-order valence-corrected chi connectivity index (χ0v) is 23.1. The number of benzene rings is 6. The van der Waals surface area contributed by atoms with Crippen LogP contribution in [0.4, 0.5) is 0 Å². The van der Waals surface area contributed by atoms with Gasteiger partial charge < -0.3 is 4.57 Å². The summed E-state index contributed by atoms with van der Waals surface area (Å²) in [5, 5.41) is 5.21. The van der Waals surface area contributed by atoms with Crippen LogP contribution in [0.2, 0.25) is 0 Å². The molecule has 7 aromatic rings. The third-order valence-electron chi connectivity index (χ3n) is 8.26. The van der Waals surface area contributed by atoms with Gasteiger partial charge in [0.25, 0.3) is 0 Å². The van der Waals surface area contributed by atoms with Gasteiger partial charge in [0, 0.05) is 17.8 Å². The van der Waals surface area contributed by atoms with E-state index in [0.717, 1.165) is 0 Å². The summed E-state index contributed by atoms with van der Waals surface area (Å²) in [4.78, 5) is 0. The summed E-state index contributed by atoms with van der Waals surface area (Å²) in [6.07, 6.45) is 0. The first-order valence-corrected chi connectivity index (χ1v) is 13.9. The van der Waals surface area contributed by atoms with Crippen molar-refractivity contribution in [2.75, 3.05) is 0 Å². The van der Waals surface area contributed by atoms with E-state index >= 15 is 0 Å². The molecule has 0 bridgehead atoms. The van der Waals surface area contributed by atoms with Gasteiger partial charge in [0.15, 0.2) is 0 Å². The fourth-order valence-electron chi connectivity index (χ4n) is 6.29. The van der Waals surface area contributed by atoms with Gasteiger partial charge in [-0.05, 0) is 87.3 Å². The zero-order chi connectivity index (χ0) is 27.2. The fraction of sp³-hybridized carbons (Fsp3) is 0.0769. The Kier molecular flexibility index (Phi) is 5.86. The molecule has 0 N–H and O–H groups in total. The Labute approximate surface area is 236 Å². The molecule has 1 nitrogen and oxygen atoms in total. The van der Waals surface area contributed by atoms with Crippen LogP contribution in [0, 0.1) is 13.8 Å². The van der Waals surface area contributed by atoms with Crippen molar-refractivity contribution >= 4 is 21.5 Å². The fourth-order valence-corrected chi connectivity index (χ4v) is 6.29. The minimum atomic E-state index is 1.23. The summed E-state index contributed by atoms with van der Waals surface area (Å²) >= 11 is 0. The van der Waals surface area contributed by atoms with E-state index in [9.17, 15) is 0 Å². The van der Waals surface area contributed by atoms with Crippen LogP contribution in [-0.2, 0) is 7.05 Å². The standard InChI is InChI=1S/C39H31N/c1-26-19-20-31(28-13-7-4-8-14-28)24-34(26)32-21-22-33-35(25-32)27(2)23-36-37(33)39(30-17-11-6-12-18-30)40(3)38(36)29-15-9-5-10-16-29/h4-25H,1-3H3. The van der Waals surface area contributed by atoms with Crippen molar-refractivity contribution in [2.45, 2.75) is 13.8 Å². The monoisotopic (exact) mass is 513 g/mol. The molecule has 0 aliphatic heterocycles. The lowest BCUT2D eigenvalue weighted by molar-refractivity contribution is 0.951. The van der Waals surface area contributed by atoms with Crippen molar-refractivity contribution in [3.63, 3.8) is 0 Å². The molecule has 1 heteroatoms. The van der Waals surface area contributed by atoms with Crippen LogP contribution in [0.5, 0.6) is 0 Å². The quantitative estimate of drug-likeness (QED) is 0.221.